The first-order chi connectivity index (χ1) is 31.0. The molecule has 0 aromatic rings. The van der Waals surface area contributed by atoms with Gasteiger partial charge in [-0.25, -0.2) is 0 Å². The number of allylic oxidation sites excluding steroid dienone is 2. The molecule has 4 saturated carbocycles. The van der Waals surface area contributed by atoms with Gasteiger partial charge in [0.15, 0.2) is 12.6 Å². The molecule has 19 nitrogen and oxygen atoms in total. The van der Waals surface area contributed by atoms with Crippen molar-refractivity contribution in [2.24, 2.45) is 63.6 Å². The maximum Gasteiger partial charge on any atom is 0.311 e. The first-order valence-electron chi connectivity index (χ1n) is 24.2. The van der Waals surface area contributed by atoms with E-state index in [4.69, 9.17) is 28.4 Å². The van der Waals surface area contributed by atoms with E-state index in [1.54, 1.807) is 0 Å². The Morgan fingerprint density at radius 2 is 1.39 bits per heavy atom. The number of ether oxygens (including phenoxy) is 6. The van der Waals surface area contributed by atoms with E-state index in [1.165, 1.54) is 12.5 Å². The molecule has 378 valence electrons. The molecule has 28 atom stereocenters. The topological polar surface area (TPSA) is 315 Å². The molecule has 5 aliphatic carbocycles. The second-order valence-corrected chi connectivity index (χ2v) is 22.2. The highest BCUT2D eigenvalue weighted by Gasteiger charge is 2.66. The molecule has 66 heavy (non-hydrogen) atoms. The molecule has 0 radical (unpaired) electrons. The van der Waals surface area contributed by atoms with Crippen molar-refractivity contribution in [2.45, 2.75) is 191 Å². The molecule has 7 fully saturated rings. The van der Waals surface area contributed by atoms with Crippen molar-refractivity contribution in [3.63, 3.8) is 0 Å². The van der Waals surface area contributed by atoms with E-state index >= 15 is 0 Å². The SMILES string of the molecule is CC1CC(C(=O)OC2OC(COC3OC(CO)[C@H](OC4OC(C)[C@H](O)[C@H](O)[C@@H]4O)[C@@H](O)[C@@H]3O)[C@@H](O)[C@@H](O)[C@@H]2O)C2CCC3(C)C(=CCC4C3CCC3C(C)(CO)C(O)C(O)CC43C)C2C1C. The van der Waals surface area contributed by atoms with E-state index in [0.717, 1.165) is 32.1 Å². The highest BCUT2D eigenvalue weighted by atomic mass is 16.8. The molecule has 19 heteroatoms. The fraction of sp³-hybridized carbons (Fsp3) is 0.936. The van der Waals surface area contributed by atoms with Crippen LogP contribution in [0.25, 0.3) is 0 Å². The molecule has 0 aromatic carbocycles. The van der Waals surface area contributed by atoms with Crippen LogP contribution in [0.3, 0.4) is 0 Å². The first kappa shape index (κ1) is 50.9. The van der Waals surface area contributed by atoms with Crippen LogP contribution < -0.4 is 0 Å². The average Bonchev–Trinajstić information content (AvgIpc) is 3.29. The first-order valence-corrected chi connectivity index (χ1v) is 24.2. The molecule has 0 amide bonds. The number of esters is 1. The summed E-state index contributed by atoms with van der Waals surface area (Å²) in [5.41, 5.74) is 0.0866. The summed E-state index contributed by atoms with van der Waals surface area (Å²) in [6.07, 6.45) is -18.6. The van der Waals surface area contributed by atoms with Crippen molar-refractivity contribution >= 4 is 5.97 Å². The minimum atomic E-state index is -1.85. The minimum absolute atomic E-state index is 0.0458. The smallest absolute Gasteiger partial charge is 0.311 e. The van der Waals surface area contributed by atoms with Gasteiger partial charge in [0.1, 0.15) is 67.1 Å². The lowest BCUT2D eigenvalue weighted by Crippen LogP contribution is -2.65. The Morgan fingerprint density at radius 3 is 2.08 bits per heavy atom. The number of hydrogen-bond donors (Lipinski definition) is 12. The summed E-state index contributed by atoms with van der Waals surface area (Å²) in [7, 11) is 0. The molecular formula is C47H76O19. The average molecular weight is 945 g/mol. The van der Waals surface area contributed by atoms with Crippen molar-refractivity contribution in [2.75, 3.05) is 19.8 Å². The largest absolute Gasteiger partial charge is 0.432 e. The van der Waals surface area contributed by atoms with Gasteiger partial charge in [-0.15, -0.1) is 0 Å². The zero-order valence-corrected chi connectivity index (χ0v) is 38.8. The van der Waals surface area contributed by atoms with E-state index in [0.29, 0.717) is 18.8 Å². The molecule has 0 aromatic heterocycles. The van der Waals surface area contributed by atoms with Gasteiger partial charge in [0.05, 0.1) is 44.1 Å². The van der Waals surface area contributed by atoms with E-state index in [1.807, 2.05) is 6.92 Å². The van der Waals surface area contributed by atoms with Crippen LogP contribution in [0.15, 0.2) is 11.6 Å². The molecule has 12 N–H and O–H groups in total. The zero-order chi connectivity index (χ0) is 48.1. The maximum atomic E-state index is 14.4. The van der Waals surface area contributed by atoms with Gasteiger partial charge >= 0.3 is 5.97 Å². The Bertz CT molecular complexity index is 1750. The highest BCUT2D eigenvalue weighted by Crippen LogP contribution is 2.70. The van der Waals surface area contributed by atoms with Crippen LogP contribution in [0, 0.1) is 63.6 Å². The Kier molecular flexibility index (Phi) is 14.6. The summed E-state index contributed by atoms with van der Waals surface area (Å²) in [6, 6.07) is 0. The Hall–Kier alpha value is -1.47. The van der Waals surface area contributed by atoms with Crippen molar-refractivity contribution in [1.29, 1.82) is 0 Å². The second kappa shape index (κ2) is 18.9. The van der Waals surface area contributed by atoms with E-state index in [9.17, 15) is 66.1 Å². The van der Waals surface area contributed by atoms with Crippen molar-refractivity contribution in [3.8, 4) is 0 Å². The lowest BCUT2D eigenvalue weighted by atomic mass is 9.38. The predicted molar refractivity (Wildman–Crippen MR) is 227 cm³/mol. The van der Waals surface area contributed by atoms with Gasteiger partial charge in [0, 0.05) is 5.41 Å². The van der Waals surface area contributed by atoms with E-state index < -0.39 is 135 Å². The van der Waals surface area contributed by atoms with Crippen LogP contribution in [0.4, 0.5) is 0 Å². The summed E-state index contributed by atoms with van der Waals surface area (Å²) in [5.74, 6) is -0.222. The number of carbonyl (C=O) groups is 1. The van der Waals surface area contributed by atoms with Crippen LogP contribution in [0.1, 0.15) is 86.5 Å². The van der Waals surface area contributed by atoms with Crippen molar-refractivity contribution in [1.82, 2.24) is 0 Å². The fourth-order valence-corrected chi connectivity index (χ4v) is 14.7. The number of carbonyl (C=O) groups excluding carboxylic acids is 1. The molecule has 3 heterocycles. The van der Waals surface area contributed by atoms with Gasteiger partial charge in [-0.3, -0.25) is 4.79 Å². The number of fused-ring (bicyclic) bond motifs is 7. The Morgan fingerprint density at radius 1 is 0.742 bits per heavy atom. The molecule has 19 unspecified atom stereocenters. The summed E-state index contributed by atoms with van der Waals surface area (Å²) >= 11 is 0. The normalized spacial score (nSPS) is 56.2. The third kappa shape index (κ3) is 8.24. The number of aliphatic hydroxyl groups is 12. The van der Waals surface area contributed by atoms with Gasteiger partial charge in [-0.2, -0.15) is 0 Å². The summed E-state index contributed by atoms with van der Waals surface area (Å²) in [5, 5.41) is 129. The van der Waals surface area contributed by atoms with Gasteiger partial charge in [-0.05, 0) is 104 Å². The number of aliphatic hydroxyl groups excluding tert-OH is 12. The quantitative estimate of drug-likeness (QED) is 0.0918. The second-order valence-electron chi connectivity index (χ2n) is 22.2. The summed E-state index contributed by atoms with van der Waals surface area (Å²) < 4.78 is 34.3. The van der Waals surface area contributed by atoms with Gasteiger partial charge < -0.3 is 89.7 Å². The maximum absolute atomic E-state index is 14.4. The van der Waals surface area contributed by atoms with Gasteiger partial charge in [-0.1, -0.05) is 46.3 Å². The Labute approximate surface area is 385 Å². The molecular weight excluding hydrogens is 868 g/mol. The third-order valence-corrected chi connectivity index (χ3v) is 18.8. The Balaban J connectivity index is 0.933. The van der Waals surface area contributed by atoms with Crippen LogP contribution in [0.2, 0.25) is 0 Å². The van der Waals surface area contributed by atoms with Gasteiger partial charge in [0.25, 0.3) is 0 Å². The van der Waals surface area contributed by atoms with Crippen LogP contribution >= 0.6 is 0 Å². The van der Waals surface area contributed by atoms with Crippen LogP contribution in [-0.2, 0) is 33.2 Å². The summed E-state index contributed by atoms with van der Waals surface area (Å²) in [4.78, 5) is 14.4. The molecule has 0 bridgehead atoms. The van der Waals surface area contributed by atoms with E-state index in [2.05, 4.69) is 33.8 Å². The fourth-order valence-electron chi connectivity index (χ4n) is 14.7. The molecule has 3 aliphatic heterocycles. The highest BCUT2D eigenvalue weighted by molar-refractivity contribution is 5.73. The van der Waals surface area contributed by atoms with E-state index in [-0.39, 0.29) is 52.9 Å². The number of rotatable bonds is 9. The van der Waals surface area contributed by atoms with Crippen molar-refractivity contribution in [3.05, 3.63) is 11.6 Å². The lowest BCUT2D eigenvalue weighted by molar-refractivity contribution is -0.361. The molecule has 3 saturated heterocycles. The molecule has 0 spiro atoms. The minimum Gasteiger partial charge on any atom is -0.432 e. The zero-order valence-electron chi connectivity index (χ0n) is 38.8. The van der Waals surface area contributed by atoms with Crippen molar-refractivity contribution < 1.29 is 94.5 Å². The monoisotopic (exact) mass is 944 g/mol. The van der Waals surface area contributed by atoms with Crippen LogP contribution in [-0.4, -0.2) is 191 Å². The third-order valence-electron chi connectivity index (χ3n) is 18.8. The van der Waals surface area contributed by atoms with Gasteiger partial charge in [0.2, 0.25) is 6.29 Å². The van der Waals surface area contributed by atoms with Crippen LogP contribution in [0.5, 0.6) is 0 Å². The summed E-state index contributed by atoms with van der Waals surface area (Å²) in [6.45, 7) is 10.7. The predicted octanol–water partition coefficient (Wildman–Crippen LogP) is -1.57. The molecule has 8 rings (SSSR count). The molecule has 8 aliphatic rings. The lowest BCUT2D eigenvalue weighted by Gasteiger charge is -2.67. The number of hydrogen-bond acceptors (Lipinski definition) is 19. The standard InChI is InChI=1S/C47H76O19/c1-18-13-22(21-11-12-45(4)23-9-10-29-46(5,14-26(50)40(59)47(29,6)17-49)24(23)7-8-25(45)30(21)19(18)2)41(60)66-44-37(57)34(54)32(52)28(64-44)16-61-42-38(58)35(55)39(27(15-48)63-42)65-43-36(56)33(53)31(51)20(3)62-43/h8,18-24,26-40,42-44,48-59H,7,9-17H2,1-6H3/t18?,19?,20?,21?,22?,23?,24?,26?,27?,28?,29?,30?,31-,32+,33-,34+,35-,36-,37-,38-,39-,40?,42?,43?,44?,45?,46?,47?/m0/s1.